The van der Waals surface area contributed by atoms with Crippen LogP contribution in [0.4, 0.5) is 0 Å². The number of aliphatic hydroxyl groups is 2. The number of carboxylic acid groups (broad SMARTS) is 1. The van der Waals surface area contributed by atoms with Crippen molar-refractivity contribution in [3.8, 4) is 5.75 Å². The summed E-state index contributed by atoms with van der Waals surface area (Å²) in [4.78, 5) is 14.0. The molecule has 0 aliphatic carbocycles. The minimum atomic E-state index is -0.885. The summed E-state index contributed by atoms with van der Waals surface area (Å²) in [6, 6.07) is 10.9. The van der Waals surface area contributed by atoms with Crippen LogP contribution in [-0.4, -0.2) is 26.3 Å². The van der Waals surface area contributed by atoms with E-state index in [1.807, 2.05) is 30.3 Å². The second-order valence-corrected chi connectivity index (χ2v) is 5.85. The highest BCUT2D eigenvalue weighted by Gasteiger charge is 2.09. The largest absolute Gasteiger partial charge is 0.489 e. The van der Waals surface area contributed by atoms with E-state index in [4.69, 9.17) is 9.84 Å². The van der Waals surface area contributed by atoms with E-state index in [1.165, 1.54) is 0 Å². The zero-order valence-corrected chi connectivity index (χ0v) is 13.5. The molecule has 2 aromatic carbocycles. The fourth-order valence-corrected chi connectivity index (χ4v) is 2.83. The number of H-pyrrole nitrogens is 1. The van der Waals surface area contributed by atoms with Gasteiger partial charge in [0.2, 0.25) is 0 Å². The first-order valence-electron chi connectivity index (χ1n) is 7.87. The molecule has 1 heterocycles. The Labute approximate surface area is 144 Å². The van der Waals surface area contributed by atoms with Gasteiger partial charge in [0.1, 0.15) is 12.4 Å². The summed E-state index contributed by atoms with van der Waals surface area (Å²) < 4.78 is 5.80. The van der Waals surface area contributed by atoms with Crippen molar-refractivity contribution in [2.45, 2.75) is 26.2 Å². The second-order valence-electron chi connectivity index (χ2n) is 5.85. The Kier molecular flexibility index (Phi) is 5.02. The number of nitrogens with one attached hydrogen (secondary N) is 1. The van der Waals surface area contributed by atoms with Crippen LogP contribution in [0.2, 0.25) is 0 Å². The maximum atomic E-state index is 10.9. The minimum Gasteiger partial charge on any atom is -0.489 e. The van der Waals surface area contributed by atoms with Gasteiger partial charge in [-0.3, -0.25) is 4.79 Å². The maximum absolute atomic E-state index is 10.9. The molecule has 0 bridgehead atoms. The molecular formula is C19H19NO5. The van der Waals surface area contributed by atoms with Gasteiger partial charge in [0.05, 0.1) is 19.6 Å². The van der Waals surface area contributed by atoms with E-state index < -0.39 is 5.97 Å². The molecule has 0 spiro atoms. The number of benzene rings is 2. The van der Waals surface area contributed by atoms with Crippen molar-refractivity contribution in [2.75, 3.05) is 0 Å². The minimum absolute atomic E-state index is 0.0537. The first-order chi connectivity index (χ1) is 12.1. The van der Waals surface area contributed by atoms with Crippen molar-refractivity contribution in [2.24, 2.45) is 0 Å². The van der Waals surface area contributed by atoms with Crippen LogP contribution in [-0.2, 0) is 31.0 Å². The molecule has 0 unspecified atom stereocenters. The Morgan fingerprint density at radius 3 is 2.32 bits per heavy atom. The maximum Gasteiger partial charge on any atom is 0.307 e. The van der Waals surface area contributed by atoms with Crippen molar-refractivity contribution in [3.63, 3.8) is 0 Å². The van der Waals surface area contributed by atoms with Crippen LogP contribution in [0.25, 0.3) is 10.9 Å². The van der Waals surface area contributed by atoms with Crippen molar-refractivity contribution in [1.82, 2.24) is 4.98 Å². The van der Waals surface area contributed by atoms with Crippen LogP contribution in [0, 0.1) is 0 Å². The van der Waals surface area contributed by atoms with Gasteiger partial charge in [-0.25, -0.2) is 0 Å². The topological polar surface area (TPSA) is 103 Å². The number of hydrogen-bond donors (Lipinski definition) is 4. The smallest absolute Gasteiger partial charge is 0.307 e. The van der Waals surface area contributed by atoms with Crippen molar-refractivity contribution in [3.05, 3.63) is 64.8 Å². The van der Waals surface area contributed by atoms with E-state index in [1.54, 1.807) is 12.3 Å². The van der Waals surface area contributed by atoms with Crippen LogP contribution >= 0.6 is 0 Å². The number of ether oxygens (including phenoxy) is 1. The molecule has 4 N–H and O–H groups in total. The first-order valence-corrected chi connectivity index (χ1v) is 7.87. The average Bonchev–Trinajstić information content (AvgIpc) is 3.01. The van der Waals surface area contributed by atoms with Crippen molar-refractivity contribution in [1.29, 1.82) is 0 Å². The standard InChI is InChI=1S/C19H19NO5/c21-9-12-3-13(10-22)5-14(4-12)11-25-16-1-2-18-17(7-16)15(8-20-18)6-19(23)24/h1-5,7-8,20-22H,6,9-11H2,(H,23,24). The zero-order valence-electron chi connectivity index (χ0n) is 13.5. The van der Waals surface area contributed by atoms with Crippen LogP contribution in [0.1, 0.15) is 22.3 Å². The number of aliphatic hydroxyl groups excluding tert-OH is 2. The molecule has 0 saturated carbocycles. The highest BCUT2D eigenvalue weighted by molar-refractivity contribution is 5.87. The molecular weight excluding hydrogens is 322 g/mol. The van der Waals surface area contributed by atoms with Gasteiger partial charge in [0.15, 0.2) is 0 Å². The molecule has 3 aromatic rings. The molecule has 1 aromatic heterocycles. The molecule has 0 fully saturated rings. The van der Waals surface area contributed by atoms with Crippen LogP contribution in [0.15, 0.2) is 42.6 Å². The SMILES string of the molecule is O=C(O)Cc1c[nH]c2ccc(OCc3cc(CO)cc(CO)c3)cc12. The molecule has 0 atom stereocenters. The van der Waals surface area contributed by atoms with Crippen LogP contribution in [0.5, 0.6) is 5.75 Å². The third-order valence-electron chi connectivity index (χ3n) is 3.96. The highest BCUT2D eigenvalue weighted by Crippen LogP contribution is 2.25. The van der Waals surface area contributed by atoms with E-state index in [2.05, 4.69) is 4.98 Å². The number of carboxylic acids is 1. The monoisotopic (exact) mass is 341 g/mol. The lowest BCUT2D eigenvalue weighted by molar-refractivity contribution is -0.136. The number of aliphatic carboxylic acids is 1. The van der Waals surface area contributed by atoms with E-state index in [9.17, 15) is 15.0 Å². The Bertz CT molecular complexity index is 878. The lowest BCUT2D eigenvalue weighted by Crippen LogP contribution is -2.00. The van der Waals surface area contributed by atoms with Crippen LogP contribution in [0.3, 0.4) is 0 Å². The number of aromatic nitrogens is 1. The summed E-state index contributed by atoms with van der Waals surface area (Å²) in [6.07, 6.45) is 1.64. The first kappa shape index (κ1) is 17.0. The molecule has 0 amide bonds. The molecule has 0 aliphatic rings. The molecule has 6 heteroatoms. The Balaban J connectivity index is 1.80. The summed E-state index contributed by atoms with van der Waals surface area (Å²) in [6.45, 7) is 0.0778. The van der Waals surface area contributed by atoms with Gasteiger partial charge in [-0.2, -0.15) is 0 Å². The highest BCUT2D eigenvalue weighted by atomic mass is 16.5. The van der Waals surface area contributed by atoms with Gasteiger partial charge >= 0.3 is 5.97 Å². The third kappa shape index (κ3) is 3.99. The van der Waals surface area contributed by atoms with Crippen molar-refractivity contribution < 1.29 is 24.9 Å². The number of hydrogen-bond acceptors (Lipinski definition) is 4. The Morgan fingerprint density at radius 1 is 1.00 bits per heavy atom. The predicted molar refractivity (Wildman–Crippen MR) is 92.3 cm³/mol. The van der Waals surface area contributed by atoms with Crippen molar-refractivity contribution >= 4 is 16.9 Å². The number of rotatable bonds is 7. The quantitative estimate of drug-likeness (QED) is 0.528. The normalized spacial score (nSPS) is 11.0. The lowest BCUT2D eigenvalue weighted by atomic mass is 10.1. The fraction of sp³-hybridized carbons (Fsp3) is 0.211. The number of carbonyl (C=O) groups is 1. The molecule has 0 saturated heterocycles. The molecule has 130 valence electrons. The zero-order chi connectivity index (χ0) is 17.8. The molecule has 0 aliphatic heterocycles. The van der Waals surface area contributed by atoms with Gasteiger partial charge < -0.3 is 25.0 Å². The van der Waals surface area contributed by atoms with E-state index in [0.717, 1.165) is 27.6 Å². The summed E-state index contributed by atoms with van der Waals surface area (Å²) in [7, 11) is 0. The predicted octanol–water partition coefficient (Wildman–Crippen LogP) is 2.36. The number of fused-ring (bicyclic) bond motifs is 1. The number of aromatic amines is 1. The van der Waals surface area contributed by atoms with Gasteiger partial charge in [-0.15, -0.1) is 0 Å². The van der Waals surface area contributed by atoms with Gasteiger partial charge in [-0.1, -0.05) is 18.2 Å². The third-order valence-corrected chi connectivity index (χ3v) is 3.96. The molecule has 25 heavy (non-hydrogen) atoms. The van der Waals surface area contributed by atoms with E-state index in [0.29, 0.717) is 11.3 Å². The molecule has 0 radical (unpaired) electrons. The summed E-state index contributed by atoms with van der Waals surface area (Å²) in [5.74, 6) is -0.261. The lowest BCUT2D eigenvalue weighted by Gasteiger charge is -2.10. The average molecular weight is 341 g/mol. The second kappa shape index (κ2) is 7.38. The Morgan fingerprint density at radius 2 is 1.68 bits per heavy atom. The van der Waals surface area contributed by atoms with E-state index >= 15 is 0 Å². The van der Waals surface area contributed by atoms with E-state index in [-0.39, 0.29) is 26.2 Å². The summed E-state index contributed by atoms with van der Waals surface area (Å²) in [5.41, 5.74) is 3.84. The summed E-state index contributed by atoms with van der Waals surface area (Å²) >= 11 is 0. The molecule has 3 rings (SSSR count). The fourth-order valence-electron chi connectivity index (χ4n) is 2.83. The van der Waals surface area contributed by atoms with Gasteiger partial charge in [0, 0.05) is 17.1 Å². The van der Waals surface area contributed by atoms with Crippen LogP contribution < -0.4 is 4.74 Å². The Hall–Kier alpha value is -2.83. The summed E-state index contributed by atoms with van der Waals surface area (Å²) in [5, 5.41) is 28.4. The van der Waals surface area contributed by atoms with Gasteiger partial charge in [0.25, 0.3) is 0 Å². The van der Waals surface area contributed by atoms with Gasteiger partial charge in [-0.05, 0) is 40.5 Å². The molecule has 6 nitrogen and oxygen atoms in total.